The number of nitrogens with two attached hydrogens (primary N) is 1. The van der Waals surface area contributed by atoms with Crippen molar-refractivity contribution in [1.29, 1.82) is 0 Å². The molecule has 0 heterocycles. The quantitative estimate of drug-likeness (QED) is 0.133. The van der Waals surface area contributed by atoms with Gasteiger partial charge in [0.25, 0.3) is 0 Å². The zero-order valence-corrected chi connectivity index (χ0v) is 24.0. The van der Waals surface area contributed by atoms with Crippen molar-refractivity contribution in [2.24, 2.45) is 5.73 Å². The van der Waals surface area contributed by atoms with Gasteiger partial charge in [0.2, 0.25) is 29.5 Å². The first kappa shape index (κ1) is 33.1. The van der Waals surface area contributed by atoms with Gasteiger partial charge in [0.1, 0.15) is 17.8 Å². The minimum Gasteiger partial charge on any atom is -0.508 e. The topological polar surface area (TPSA) is 192 Å². The Morgan fingerprint density at radius 1 is 0.780 bits per heavy atom. The fourth-order valence-corrected chi connectivity index (χ4v) is 4.25. The van der Waals surface area contributed by atoms with Crippen LogP contribution in [-0.4, -0.2) is 84.9 Å². The summed E-state index contributed by atoms with van der Waals surface area (Å²) in [6.45, 7) is -0.829. The predicted octanol–water partition coefficient (Wildman–Crippen LogP) is -0.794. The number of carbonyl (C=O) groups is 5. The molecule has 222 valence electrons. The molecule has 2 aromatic rings. The lowest BCUT2D eigenvalue weighted by Gasteiger charge is -2.23. The number of carbonyl (C=O) groups excluding carboxylic acids is 5. The highest BCUT2D eigenvalue weighted by Crippen LogP contribution is 2.11. The van der Waals surface area contributed by atoms with Crippen molar-refractivity contribution in [2.45, 2.75) is 37.4 Å². The second-order valence-electron chi connectivity index (χ2n) is 9.24. The van der Waals surface area contributed by atoms with Gasteiger partial charge >= 0.3 is 0 Å². The maximum absolute atomic E-state index is 13.1. The lowest BCUT2D eigenvalue weighted by Crippen LogP contribution is -2.55. The molecule has 0 radical (unpaired) electrons. The van der Waals surface area contributed by atoms with Gasteiger partial charge in [-0.05, 0) is 48.1 Å². The molecule has 0 aliphatic rings. The third-order valence-corrected chi connectivity index (χ3v) is 6.67. The maximum Gasteiger partial charge on any atom is 0.243 e. The molecular weight excluding hydrogens is 548 g/mol. The molecule has 2 rings (SSSR count). The smallest absolute Gasteiger partial charge is 0.243 e. The number of nitrogens with one attached hydrogen (secondary N) is 5. The van der Waals surface area contributed by atoms with Crippen LogP contribution in [0.1, 0.15) is 17.5 Å². The van der Waals surface area contributed by atoms with E-state index in [-0.39, 0.29) is 24.5 Å². The van der Waals surface area contributed by atoms with Crippen LogP contribution >= 0.6 is 11.8 Å². The number of rotatable bonds is 16. The molecule has 0 bridgehead atoms. The standard InChI is InChI=1S/C28H38N6O6S/c1-30-27(39)22(12-13-41-2)34-28(40)23(15-18-6-4-3-5-7-18)33-25(37)17-31-24(36)16-32-26(38)21(29)14-19-8-10-20(35)11-9-19/h3-11,21-23,35H,12-17,29H2,1-2H3,(H,30,39)(H,31,36)(H,32,38)(H,33,37)(H,34,40). The molecule has 0 saturated heterocycles. The summed E-state index contributed by atoms with van der Waals surface area (Å²) < 4.78 is 0. The van der Waals surface area contributed by atoms with E-state index in [1.807, 2.05) is 36.6 Å². The van der Waals surface area contributed by atoms with Crippen LogP contribution in [-0.2, 0) is 36.8 Å². The second-order valence-corrected chi connectivity index (χ2v) is 10.2. The molecule has 0 aromatic heterocycles. The van der Waals surface area contributed by atoms with Crippen LogP contribution < -0.4 is 32.3 Å². The molecule has 8 N–H and O–H groups in total. The lowest BCUT2D eigenvalue weighted by molar-refractivity contribution is -0.132. The van der Waals surface area contributed by atoms with E-state index in [4.69, 9.17) is 5.73 Å². The zero-order chi connectivity index (χ0) is 30.2. The molecule has 2 aromatic carbocycles. The molecule has 13 heteroatoms. The van der Waals surface area contributed by atoms with Crippen LogP contribution in [0, 0.1) is 0 Å². The van der Waals surface area contributed by atoms with Gasteiger partial charge in [0, 0.05) is 13.5 Å². The Labute approximate surface area is 243 Å². The van der Waals surface area contributed by atoms with Crippen LogP contribution in [0.4, 0.5) is 0 Å². The number of hydrogen-bond donors (Lipinski definition) is 7. The number of phenolic OH excluding ortho intramolecular Hbond substituents is 1. The number of benzene rings is 2. The fraction of sp³-hybridized carbons (Fsp3) is 0.393. The molecular formula is C28H38N6O6S. The van der Waals surface area contributed by atoms with Gasteiger partial charge in [-0.3, -0.25) is 24.0 Å². The third kappa shape index (κ3) is 12.3. The van der Waals surface area contributed by atoms with E-state index in [0.717, 1.165) is 11.1 Å². The summed E-state index contributed by atoms with van der Waals surface area (Å²) in [5, 5.41) is 22.1. The summed E-state index contributed by atoms with van der Waals surface area (Å²) in [5.41, 5.74) is 7.43. The molecule has 5 amide bonds. The van der Waals surface area contributed by atoms with Crippen molar-refractivity contribution in [2.75, 3.05) is 32.1 Å². The van der Waals surface area contributed by atoms with Crippen LogP contribution in [0.25, 0.3) is 0 Å². The largest absolute Gasteiger partial charge is 0.508 e. The van der Waals surface area contributed by atoms with Gasteiger partial charge in [0.05, 0.1) is 19.1 Å². The van der Waals surface area contributed by atoms with E-state index in [1.54, 1.807) is 23.9 Å². The van der Waals surface area contributed by atoms with E-state index in [2.05, 4.69) is 26.6 Å². The van der Waals surface area contributed by atoms with Crippen molar-refractivity contribution in [3.63, 3.8) is 0 Å². The first-order valence-electron chi connectivity index (χ1n) is 13.0. The molecule has 12 nitrogen and oxygen atoms in total. The summed E-state index contributed by atoms with van der Waals surface area (Å²) in [7, 11) is 1.48. The van der Waals surface area contributed by atoms with E-state index in [0.29, 0.717) is 12.2 Å². The number of hydrogen-bond acceptors (Lipinski definition) is 8. The number of phenols is 1. The molecule has 0 saturated carbocycles. The Morgan fingerprint density at radius 2 is 1.41 bits per heavy atom. The van der Waals surface area contributed by atoms with E-state index >= 15 is 0 Å². The zero-order valence-electron chi connectivity index (χ0n) is 23.1. The molecule has 0 aliphatic carbocycles. The van der Waals surface area contributed by atoms with Crippen molar-refractivity contribution < 1.29 is 29.1 Å². The molecule has 3 unspecified atom stereocenters. The summed E-state index contributed by atoms with van der Waals surface area (Å²) in [6.07, 6.45) is 2.69. The summed E-state index contributed by atoms with van der Waals surface area (Å²) >= 11 is 1.54. The number of amides is 5. The van der Waals surface area contributed by atoms with Gasteiger partial charge in [0.15, 0.2) is 0 Å². The second kappa shape index (κ2) is 17.6. The molecule has 41 heavy (non-hydrogen) atoms. The number of likely N-dealkylation sites (N-methyl/N-ethyl adjacent to an activating group) is 1. The molecule has 0 fully saturated rings. The highest BCUT2D eigenvalue weighted by Gasteiger charge is 2.26. The van der Waals surface area contributed by atoms with E-state index in [1.165, 1.54) is 19.2 Å². The average molecular weight is 587 g/mol. The maximum atomic E-state index is 13.1. The van der Waals surface area contributed by atoms with Gasteiger partial charge in [-0.1, -0.05) is 42.5 Å². The van der Waals surface area contributed by atoms with Gasteiger partial charge in [-0.25, -0.2) is 0 Å². The molecule has 0 spiro atoms. The summed E-state index contributed by atoms with van der Waals surface area (Å²) in [4.78, 5) is 62.6. The minimum atomic E-state index is -0.999. The molecule has 0 aliphatic heterocycles. The first-order valence-corrected chi connectivity index (χ1v) is 14.4. The van der Waals surface area contributed by atoms with Crippen LogP contribution in [0.15, 0.2) is 54.6 Å². The van der Waals surface area contributed by atoms with Crippen molar-refractivity contribution in [3.05, 3.63) is 65.7 Å². The van der Waals surface area contributed by atoms with E-state index in [9.17, 15) is 29.1 Å². The predicted molar refractivity (Wildman–Crippen MR) is 157 cm³/mol. The van der Waals surface area contributed by atoms with Crippen molar-refractivity contribution in [3.8, 4) is 5.75 Å². The summed E-state index contributed by atoms with van der Waals surface area (Å²) in [6, 6.07) is 12.6. The first-order chi connectivity index (χ1) is 19.6. The van der Waals surface area contributed by atoms with Gasteiger partial charge in [-0.2, -0.15) is 11.8 Å². The van der Waals surface area contributed by atoms with Crippen LogP contribution in [0.5, 0.6) is 5.75 Å². The Balaban J connectivity index is 1.90. The average Bonchev–Trinajstić information content (AvgIpc) is 2.97. The highest BCUT2D eigenvalue weighted by atomic mass is 32.2. The lowest BCUT2D eigenvalue weighted by atomic mass is 10.0. The van der Waals surface area contributed by atoms with Crippen molar-refractivity contribution in [1.82, 2.24) is 26.6 Å². The SMILES string of the molecule is CNC(=O)C(CCSC)NC(=O)C(Cc1ccccc1)NC(=O)CNC(=O)CNC(=O)C(N)Cc1ccc(O)cc1. The Hall–Kier alpha value is -4.10. The third-order valence-electron chi connectivity index (χ3n) is 6.02. The number of aromatic hydroxyl groups is 1. The minimum absolute atomic E-state index is 0.0961. The normalized spacial score (nSPS) is 12.8. The van der Waals surface area contributed by atoms with Crippen LogP contribution in [0.3, 0.4) is 0 Å². The van der Waals surface area contributed by atoms with Gasteiger partial charge < -0.3 is 37.4 Å². The van der Waals surface area contributed by atoms with Crippen LogP contribution in [0.2, 0.25) is 0 Å². The summed E-state index contributed by atoms with van der Waals surface area (Å²) in [5.74, 6) is -1.91. The van der Waals surface area contributed by atoms with Crippen molar-refractivity contribution >= 4 is 41.3 Å². The molecule has 3 atom stereocenters. The Morgan fingerprint density at radius 3 is 2.05 bits per heavy atom. The number of thioether (sulfide) groups is 1. The fourth-order valence-electron chi connectivity index (χ4n) is 3.77. The highest BCUT2D eigenvalue weighted by molar-refractivity contribution is 7.98. The Kier molecular flexibility index (Phi) is 14.2. The van der Waals surface area contributed by atoms with Gasteiger partial charge in [-0.15, -0.1) is 0 Å². The Bertz CT molecular complexity index is 1160. The monoisotopic (exact) mass is 586 g/mol. The van der Waals surface area contributed by atoms with E-state index < -0.39 is 54.8 Å².